The lowest BCUT2D eigenvalue weighted by atomic mass is 10.3. The summed E-state index contributed by atoms with van der Waals surface area (Å²) in [6.07, 6.45) is 4.12. The Bertz CT molecular complexity index is 317. The van der Waals surface area contributed by atoms with Gasteiger partial charge in [-0.2, -0.15) is 0 Å². The molecule has 0 aromatic heterocycles. The monoisotopic (exact) mass is 208 g/mol. The summed E-state index contributed by atoms with van der Waals surface area (Å²) in [6, 6.07) is 1.23. The Morgan fingerprint density at radius 3 is 2.27 bits per heavy atom. The molecule has 0 aromatic carbocycles. The maximum absolute atomic E-state index is 10.7. The molecule has 4 aliphatic rings. The molecule has 4 rings (SSSR count). The first-order valence-corrected chi connectivity index (χ1v) is 5.70. The van der Waals surface area contributed by atoms with Crippen LogP contribution in [0, 0.1) is 11.8 Å². The van der Waals surface area contributed by atoms with E-state index in [1.165, 1.54) is 12.8 Å². The van der Waals surface area contributed by atoms with E-state index >= 15 is 0 Å². The Morgan fingerprint density at radius 1 is 1.20 bits per heavy atom. The standard InChI is InChI=1S/C6H9NO.C5H7NO/c1-7-5-2-4(5)3-6(7)8;7-5-2-3-1-4(3)6-5/h4-5H,2-3H2,1H3;3-4H,1-2H2,(H,6,7). The Balaban J connectivity index is 0.0000000971. The molecule has 4 atom stereocenters. The van der Waals surface area contributed by atoms with Gasteiger partial charge in [-0.05, 0) is 24.7 Å². The second kappa shape index (κ2) is 2.97. The fourth-order valence-electron chi connectivity index (χ4n) is 2.63. The summed E-state index contributed by atoms with van der Waals surface area (Å²) in [5, 5.41) is 2.85. The third-order valence-corrected chi connectivity index (χ3v) is 3.93. The van der Waals surface area contributed by atoms with Gasteiger partial charge < -0.3 is 10.2 Å². The second-order valence-corrected chi connectivity index (χ2v) is 5.15. The van der Waals surface area contributed by atoms with Gasteiger partial charge in [-0.1, -0.05) is 0 Å². The average Bonchev–Trinajstić information content (AvgIpc) is 3.04. The number of likely N-dealkylation sites (tertiary alicyclic amines) is 1. The molecule has 2 amide bonds. The lowest BCUT2D eigenvalue weighted by Crippen LogP contribution is -2.22. The van der Waals surface area contributed by atoms with Gasteiger partial charge in [0.1, 0.15) is 0 Å². The van der Waals surface area contributed by atoms with Gasteiger partial charge in [0, 0.05) is 32.0 Å². The minimum absolute atomic E-state index is 0.251. The van der Waals surface area contributed by atoms with Crippen LogP contribution in [0.15, 0.2) is 0 Å². The number of hydrogen-bond acceptors (Lipinski definition) is 2. The molecule has 4 heteroatoms. The van der Waals surface area contributed by atoms with Crippen LogP contribution in [0.5, 0.6) is 0 Å². The van der Waals surface area contributed by atoms with E-state index in [9.17, 15) is 9.59 Å². The van der Waals surface area contributed by atoms with Crippen molar-refractivity contribution in [2.75, 3.05) is 7.05 Å². The Kier molecular flexibility index (Phi) is 1.82. The van der Waals surface area contributed by atoms with E-state index in [-0.39, 0.29) is 5.91 Å². The zero-order chi connectivity index (χ0) is 10.6. The summed E-state index contributed by atoms with van der Waals surface area (Å²) in [5.74, 6) is 2.06. The maximum atomic E-state index is 10.7. The fourth-order valence-corrected chi connectivity index (χ4v) is 2.63. The number of piperidine rings is 2. The van der Waals surface area contributed by atoms with Crippen LogP contribution in [0.1, 0.15) is 25.7 Å². The molecule has 0 radical (unpaired) electrons. The molecule has 4 nitrogen and oxygen atoms in total. The number of nitrogens with zero attached hydrogens (tertiary/aromatic N) is 1. The smallest absolute Gasteiger partial charge is 0.222 e. The average molecular weight is 208 g/mol. The molecule has 0 bridgehead atoms. The number of carbonyl (C=O) groups excluding carboxylic acids is 2. The molecule has 1 N–H and O–H groups in total. The summed E-state index contributed by atoms with van der Waals surface area (Å²) >= 11 is 0. The van der Waals surface area contributed by atoms with Gasteiger partial charge in [-0.15, -0.1) is 0 Å². The van der Waals surface area contributed by atoms with Crippen molar-refractivity contribution in [1.82, 2.24) is 10.2 Å². The SMILES string of the molecule is CN1C(=O)CC2CC21.O=C1CC2CC2N1. The van der Waals surface area contributed by atoms with Crippen LogP contribution in [-0.2, 0) is 9.59 Å². The van der Waals surface area contributed by atoms with Crippen molar-refractivity contribution in [2.45, 2.75) is 37.8 Å². The Morgan fingerprint density at radius 2 is 2.00 bits per heavy atom. The van der Waals surface area contributed by atoms with E-state index in [0.29, 0.717) is 18.0 Å². The van der Waals surface area contributed by atoms with Gasteiger partial charge in [0.25, 0.3) is 0 Å². The summed E-state index contributed by atoms with van der Waals surface area (Å²) < 4.78 is 0. The van der Waals surface area contributed by atoms with Crippen LogP contribution >= 0.6 is 0 Å². The number of fused-ring (bicyclic) bond motifs is 2. The number of nitrogens with one attached hydrogen (secondary N) is 1. The largest absolute Gasteiger partial charge is 0.353 e. The minimum atomic E-state index is 0.251. The summed E-state index contributed by atoms with van der Waals surface area (Å²) in [4.78, 5) is 23.0. The van der Waals surface area contributed by atoms with E-state index in [0.717, 1.165) is 24.7 Å². The predicted octanol–water partition coefficient (Wildman–Crippen LogP) is 0.132. The summed E-state index contributed by atoms with van der Waals surface area (Å²) in [6.45, 7) is 0. The van der Waals surface area contributed by atoms with E-state index in [1.807, 2.05) is 11.9 Å². The van der Waals surface area contributed by atoms with Crippen LogP contribution < -0.4 is 5.32 Å². The molecule has 4 fully saturated rings. The van der Waals surface area contributed by atoms with Crippen molar-refractivity contribution in [3.63, 3.8) is 0 Å². The van der Waals surface area contributed by atoms with Crippen LogP contribution in [0.4, 0.5) is 0 Å². The van der Waals surface area contributed by atoms with Gasteiger partial charge in [-0.25, -0.2) is 0 Å². The normalized spacial score (nSPS) is 43.9. The van der Waals surface area contributed by atoms with Crippen molar-refractivity contribution >= 4 is 11.8 Å². The second-order valence-electron chi connectivity index (χ2n) is 5.15. The van der Waals surface area contributed by atoms with Crippen molar-refractivity contribution in [2.24, 2.45) is 11.8 Å². The van der Waals surface area contributed by atoms with Gasteiger partial charge >= 0.3 is 0 Å². The first kappa shape index (κ1) is 9.19. The molecule has 0 aromatic rings. The first-order chi connectivity index (χ1) is 7.15. The van der Waals surface area contributed by atoms with E-state index in [1.54, 1.807) is 0 Å². The molecular weight excluding hydrogens is 192 g/mol. The van der Waals surface area contributed by atoms with Crippen LogP contribution in [0.25, 0.3) is 0 Å². The lowest BCUT2D eigenvalue weighted by molar-refractivity contribution is -0.128. The highest BCUT2D eigenvalue weighted by molar-refractivity contribution is 5.81. The van der Waals surface area contributed by atoms with Crippen molar-refractivity contribution < 1.29 is 9.59 Å². The number of carbonyl (C=O) groups is 2. The molecule has 2 saturated heterocycles. The van der Waals surface area contributed by atoms with Gasteiger partial charge in [0.05, 0.1) is 0 Å². The molecule has 2 saturated carbocycles. The molecule has 2 aliphatic carbocycles. The highest BCUT2D eigenvalue weighted by Gasteiger charge is 2.49. The molecule has 2 heterocycles. The molecule has 4 unspecified atom stereocenters. The quantitative estimate of drug-likeness (QED) is 0.615. The molecule has 82 valence electrons. The molecule has 0 spiro atoms. The minimum Gasteiger partial charge on any atom is -0.353 e. The third-order valence-electron chi connectivity index (χ3n) is 3.93. The number of hydrogen-bond donors (Lipinski definition) is 1. The third kappa shape index (κ3) is 1.62. The summed E-state index contributed by atoms with van der Waals surface area (Å²) in [5.41, 5.74) is 0. The predicted molar refractivity (Wildman–Crippen MR) is 53.9 cm³/mol. The first-order valence-electron chi connectivity index (χ1n) is 5.70. The number of amides is 2. The van der Waals surface area contributed by atoms with Crippen LogP contribution in [0.3, 0.4) is 0 Å². The van der Waals surface area contributed by atoms with Crippen molar-refractivity contribution in [1.29, 1.82) is 0 Å². The van der Waals surface area contributed by atoms with Gasteiger partial charge in [0.2, 0.25) is 11.8 Å². The fraction of sp³-hybridized carbons (Fsp3) is 0.818. The Labute approximate surface area is 89.0 Å². The zero-order valence-electron chi connectivity index (χ0n) is 8.90. The van der Waals surface area contributed by atoms with Gasteiger partial charge in [0.15, 0.2) is 0 Å². The topological polar surface area (TPSA) is 49.4 Å². The highest BCUT2D eigenvalue weighted by Crippen LogP contribution is 2.43. The van der Waals surface area contributed by atoms with E-state index < -0.39 is 0 Å². The Hall–Kier alpha value is -1.06. The molecule has 15 heavy (non-hydrogen) atoms. The molecule has 2 aliphatic heterocycles. The van der Waals surface area contributed by atoms with Crippen LogP contribution in [0.2, 0.25) is 0 Å². The van der Waals surface area contributed by atoms with E-state index in [2.05, 4.69) is 5.32 Å². The highest BCUT2D eigenvalue weighted by atomic mass is 16.2. The van der Waals surface area contributed by atoms with Crippen molar-refractivity contribution in [3.05, 3.63) is 0 Å². The number of rotatable bonds is 0. The van der Waals surface area contributed by atoms with Crippen LogP contribution in [-0.4, -0.2) is 35.8 Å². The van der Waals surface area contributed by atoms with E-state index in [4.69, 9.17) is 0 Å². The summed E-state index contributed by atoms with van der Waals surface area (Å²) in [7, 11) is 1.90. The molecular formula is C11H16N2O2. The zero-order valence-corrected chi connectivity index (χ0v) is 8.90. The van der Waals surface area contributed by atoms with Gasteiger partial charge in [-0.3, -0.25) is 9.59 Å². The lowest BCUT2D eigenvalue weighted by Gasteiger charge is -2.08. The van der Waals surface area contributed by atoms with Crippen molar-refractivity contribution in [3.8, 4) is 0 Å². The maximum Gasteiger partial charge on any atom is 0.222 e.